The lowest BCUT2D eigenvalue weighted by Crippen LogP contribution is -2.20. The van der Waals surface area contributed by atoms with Crippen molar-refractivity contribution in [3.05, 3.63) is 32.9 Å². The number of hydrogen-bond acceptors (Lipinski definition) is 7. The van der Waals surface area contributed by atoms with Gasteiger partial charge in [0.05, 0.1) is 29.5 Å². The summed E-state index contributed by atoms with van der Waals surface area (Å²) in [4.78, 5) is 37.1. The summed E-state index contributed by atoms with van der Waals surface area (Å²) >= 11 is 6.91. The van der Waals surface area contributed by atoms with E-state index in [9.17, 15) is 14.4 Å². The van der Waals surface area contributed by atoms with E-state index in [4.69, 9.17) is 21.1 Å². The third-order valence-corrected chi connectivity index (χ3v) is 5.09. The van der Waals surface area contributed by atoms with Crippen molar-refractivity contribution in [1.82, 2.24) is 9.78 Å². The van der Waals surface area contributed by atoms with Crippen LogP contribution in [0.5, 0.6) is 0 Å². The smallest absolute Gasteiger partial charge is 0.348 e. The Labute approximate surface area is 165 Å². The Hall–Kier alpha value is -2.39. The van der Waals surface area contributed by atoms with Crippen molar-refractivity contribution < 1.29 is 23.9 Å². The maximum Gasteiger partial charge on any atom is 0.348 e. The first-order valence-electron chi connectivity index (χ1n) is 8.25. The first-order valence-corrected chi connectivity index (χ1v) is 9.44. The number of aromatic nitrogens is 2. The second-order valence-corrected chi connectivity index (χ2v) is 6.94. The van der Waals surface area contributed by atoms with E-state index in [1.165, 1.54) is 10.9 Å². The minimum absolute atomic E-state index is 0.0957. The number of carbonyl (C=O) groups excluding carboxylic acids is 3. The predicted octanol–water partition coefficient (Wildman–Crippen LogP) is 3.21. The highest BCUT2D eigenvalue weighted by molar-refractivity contribution is 7.18. The topological polar surface area (TPSA) is 99.5 Å². The van der Waals surface area contributed by atoms with Gasteiger partial charge in [0.1, 0.15) is 16.4 Å². The quantitative estimate of drug-likeness (QED) is 0.699. The van der Waals surface area contributed by atoms with Crippen molar-refractivity contribution in [2.75, 3.05) is 18.5 Å². The average molecular weight is 414 g/mol. The number of aryl methyl sites for hydroxylation is 1. The number of thiophene rings is 1. The normalized spacial score (nSPS) is 10.6. The zero-order valence-electron chi connectivity index (χ0n) is 15.4. The number of esters is 2. The van der Waals surface area contributed by atoms with Gasteiger partial charge in [0.15, 0.2) is 0 Å². The molecule has 0 saturated heterocycles. The molecule has 2 heterocycles. The van der Waals surface area contributed by atoms with Gasteiger partial charge in [-0.25, -0.2) is 9.59 Å². The van der Waals surface area contributed by atoms with E-state index in [2.05, 4.69) is 10.4 Å². The maximum atomic E-state index is 12.4. The number of hydrogen-bond donors (Lipinski definition) is 1. The summed E-state index contributed by atoms with van der Waals surface area (Å²) in [6.07, 6.45) is 1.53. The molecule has 0 aliphatic rings. The molecule has 0 unspecified atom stereocenters. The molecule has 2 rings (SSSR count). The van der Waals surface area contributed by atoms with Crippen LogP contribution >= 0.6 is 22.9 Å². The zero-order chi connectivity index (χ0) is 20.1. The van der Waals surface area contributed by atoms with Gasteiger partial charge in [0.25, 0.3) is 0 Å². The van der Waals surface area contributed by atoms with Crippen molar-refractivity contribution >= 4 is 45.8 Å². The van der Waals surface area contributed by atoms with Gasteiger partial charge in [-0.2, -0.15) is 5.10 Å². The van der Waals surface area contributed by atoms with Crippen LogP contribution in [0.2, 0.25) is 5.02 Å². The van der Waals surface area contributed by atoms with Crippen molar-refractivity contribution in [2.24, 2.45) is 0 Å². The summed E-state index contributed by atoms with van der Waals surface area (Å²) in [6.45, 7) is 6.97. The number of rotatable bonds is 7. The van der Waals surface area contributed by atoms with Crippen LogP contribution in [0.3, 0.4) is 0 Å². The SMILES string of the molecule is CCOC(=O)c1sc(NC(=O)Cn2cc(Cl)c(C)n2)c(C(=O)OCC)c1C. The molecule has 1 N–H and O–H groups in total. The molecule has 10 heteroatoms. The van der Waals surface area contributed by atoms with Crippen molar-refractivity contribution in [3.8, 4) is 0 Å². The van der Waals surface area contributed by atoms with Crippen LogP contribution < -0.4 is 5.32 Å². The summed E-state index contributed by atoms with van der Waals surface area (Å²) < 4.78 is 11.5. The molecule has 0 saturated carbocycles. The zero-order valence-corrected chi connectivity index (χ0v) is 17.0. The van der Waals surface area contributed by atoms with Crippen LogP contribution in [-0.4, -0.2) is 40.8 Å². The number of carbonyl (C=O) groups is 3. The lowest BCUT2D eigenvalue weighted by Gasteiger charge is -2.07. The van der Waals surface area contributed by atoms with Gasteiger partial charge < -0.3 is 14.8 Å². The first kappa shape index (κ1) is 20.9. The van der Waals surface area contributed by atoms with Crippen LogP contribution in [0.4, 0.5) is 5.00 Å². The molecule has 0 spiro atoms. The Morgan fingerprint density at radius 1 is 1.19 bits per heavy atom. The fourth-order valence-corrected chi connectivity index (χ4v) is 3.59. The third kappa shape index (κ3) is 4.86. The Morgan fingerprint density at radius 3 is 2.37 bits per heavy atom. The molecule has 0 aromatic carbocycles. The Bertz CT molecular complexity index is 855. The van der Waals surface area contributed by atoms with Crippen molar-refractivity contribution in [1.29, 1.82) is 0 Å². The largest absolute Gasteiger partial charge is 0.462 e. The van der Waals surface area contributed by atoms with E-state index < -0.39 is 17.8 Å². The molecule has 0 atom stereocenters. The minimum atomic E-state index is -0.616. The summed E-state index contributed by atoms with van der Waals surface area (Å²) in [7, 11) is 0. The van der Waals surface area contributed by atoms with E-state index in [0.717, 1.165) is 11.3 Å². The van der Waals surface area contributed by atoms with Gasteiger partial charge in [0, 0.05) is 6.20 Å². The highest BCUT2D eigenvalue weighted by Crippen LogP contribution is 2.34. The second-order valence-electron chi connectivity index (χ2n) is 5.51. The molecule has 0 bridgehead atoms. The van der Waals surface area contributed by atoms with Crippen molar-refractivity contribution in [2.45, 2.75) is 34.2 Å². The summed E-state index contributed by atoms with van der Waals surface area (Å²) in [5.74, 6) is -1.59. The van der Waals surface area contributed by atoms with Gasteiger partial charge in [-0.1, -0.05) is 11.6 Å². The Morgan fingerprint density at radius 2 is 1.81 bits per heavy atom. The fourth-order valence-electron chi connectivity index (χ4n) is 2.33. The molecule has 0 aliphatic carbocycles. The van der Waals surface area contributed by atoms with Crippen LogP contribution in [0, 0.1) is 13.8 Å². The molecule has 8 nitrogen and oxygen atoms in total. The van der Waals surface area contributed by atoms with E-state index in [-0.39, 0.29) is 35.2 Å². The molecule has 0 aliphatic heterocycles. The monoisotopic (exact) mass is 413 g/mol. The lowest BCUT2D eigenvalue weighted by molar-refractivity contribution is -0.116. The van der Waals surface area contributed by atoms with E-state index in [1.54, 1.807) is 27.7 Å². The molecule has 0 fully saturated rings. The highest BCUT2D eigenvalue weighted by atomic mass is 35.5. The molecule has 1 amide bonds. The Balaban J connectivity index is 2.29. The summed E-state index contributed by atoms with van der Waals surface area (Å²) in [6, 6.07) is 0. The summed E-state index contributed by atoms with van der Waals surface area (Å²) in [5.41, 5.74) is 1.16. The van der Waals surface area contributed by atoms with Crippen LogP contribution in [0.1, 0.15) is 45.1 Å². The third-order valence-electron chi connectivity index (χ3n) is 3.53. The number of amides is 1. The van der Waals surface area contributed by atoms with Gasteiger partial charge >= 0.3 is 11.9 Å². The summed E-state index contributed by atoms with van der Waals surface area (Å²) in [5, 5.41) is 7.45. The maximum absolute atomic E-state index is 12.4. The Kier molecular flexibility index (Phi) is 6.98. The molecule has 2 aromatic heterocycles. The van der Waals surface area contributed by atoms with E-state index >= 15 is 0 Å². The van der Waals surface area contributed by atoms with E-state index in [0.29, 0.717) is 16.3 Å². The highest BCUT2D eigenvalue weighted by Gasteiger charge is 2.27. The molecule has 146 valence electrons. The molecule has 0 radical (unpaired) electrons. The number of anilines is 1. The number of ether oxygens (including phenoxy) is 2. The van der Waals surface area contributed by atoms with Crippen LogP contribution in [-0.2, 0) is 20.8 Å². The van der Waals surface area contributed by atoms with Gasteiger partial charge in [0.2, 0.25) is 5.91 Å². The van der Waals surface area contributed by atoms with E-state index in [1.807, 2.05) is 0 Å². The minimum Gasteiger partial charge on any atom is -0.462 e. The number of halogens is 1. The average Bonchev–Trinajstić information content (AvgIpc) is 3.07. The molecular weight excluding hydrogens is 394 g/mol. The van der Waals surface area contributed by atoms with Crippen molar-refractivity contribution in [3.63, 3.8) is 0 Å². The number of nitrogens with zero attached hydrogens (tertiary/aromatic N) is 2. The van der Waals surface area contributed by atoms with Gasteiger partial charge in [-0.05, 0) is 33.3 Å². The molecule has 2 aromatic rings. The standard InChI is InChI=1S/C17H20ClN3O5S/c1-5-25-16(23)13-9(3)14(17(24)26-6-2)27-15(13)19-12(22)8-21-7-11(18)10(4)20-21/h7H,5-6,8H2,1-4H3,(H,19,22). The lowest BCUT2D eigenvalue weighted by atomic mass is 10.1. The second kappa shape index (κ2) is 9.01. The van der Waals surface area contributed by atoms with Gasteiger partial charge in [-0.15, -0.1) is 11.3 Å². The first-order chi connectivity index (χ1) is 12.8. The molecular formula is C17H20ClN3O5S. The fraction of sp³-hybridized carbons (Fsp3) is 0.412. The van der Waals surface area contributed by atoms with Crippen LogP contribution in [0.15, 0.2) is 6.20 Å². The molecule has 27 heavy (non-hydrogen) atoms. The van der Waals surface area contributed by atoms with Crippen LogP contribution in [0.25, 0.3) is 0 Å². The van der Waals surface area contributed by atoms with Gasteiger partial charge in [-0.3, -0.25) is 9.48 Å². The predicted molar refractivity (Wildman–Crippen MR) is 102 cm³/mol. The number of nitrogens with one attached hydrogen (secondary N) is 1.